The number of hydrogen-bond donors (Lipinski definition) is 1. The molecular weight excluding hydrogens is 202 g/mol. The van der Waals surface area contributed by atoms with E-state index in [1.54, 1.807) is 6.20 Å². The van der Waals surface area contributed by atoms with Crippen molar-refractivity contribution < 1.29 is 4.74 Å². The Bertz CT molecular complexity index is 324. The number of rotatable bonds is 4. The molecule has 0 spiro atoms. The van der Waals surface area contributed by atoms with Crippen molar-refractivity contribution in [2.45, 2.75) is 13.5 Å². The lowest BCUT2D eigenvalue weighted by molar-refractivity contribution is 0.227. The van der Waals surface area contributed by atoms with Gasteiger partial charge in [0.2, 0.25) is 5.88 Å². The number of hydrogen-bond acceptors (Lipinski definition) is 4. The molecule has 1 aliphatic heterocycles. The lowest BCUT2D eigenvalue weighted by atomic mass is 10.2. The highest BCUT2D eigenvalue weighted by molar-refractivity contribution is 5.25. The summed E-state index contributed by atoms with van der Waals surface area (Å²) in [6.45, 7) is 7.94. The van der Waals surface area contributed by atoms with Crippen LogP contribution in [0.15, 0.2) is 18.3 Å². The largest absolute Gasteiger partial charge is 0.478 e. The van der Waals surface area contributed by atoms with Crippen LogP contribution in [0.4, 0.5) is 0 Å². The molecule has 0 unspecified atom stereocenters. The van der Waals surface area contributed by atoms with Crippen molar-refractivity contribution >= 4 is 0 Å². The summed E-state index contributed by atoms with van der Waals surface area (Å²) in [7, 11) is 0. The second-order valence-corrected chi connectivity index (χ2v) is 3.93. The molecule has 1 fully saturated rings. The highest BCUT2D eigenvalue weighted by Crippen LogP contribution is 2.16. The van der Waals surface area contributed by atoms with E-state index in [9.17, 15) is 0 Å². The first-order valence-corrected chi connectivity index (χ1v) is 5.90. The predicted octanol–water partition coefficient (Wildman–Crippen LogP) is 0.885. The Morgan fingerprint density at radius 1 is 1.44 bits per heavy atom. The molecule has 0 atom stereocenters. The Kier molecular flexibility index (Phi) is 4.13. The summed E-state index contributed by atoms with van der Waals surface area (Å²) in [5.41, 5.74) is 1.19. The normalized spacial score (nSPS) is 17.3. The van der Waals surface area contributed by atoms with Gasteiger partial charge in [0.05, 0.1) is 6.61 Å². The predicted molar refractivity (Wildman–Crippen MR) is 63.6 cm³/mol. The smallest absolute Gasteiger partial charge is 0.217 e. The molecule has 1 aromatic rings. The topological polar surface area (TPSA) is 37.4 Å². The lowest BCUT2D eigenvalue weighted by Gasteiger charge is -2.27. The van der Waals surface area contributed by atoms with Gasteiger partial charge in [0, 0.05) is 44.5 Å². The third-order valence-corrected chi connectivity index (χ3v) is 2.73. The summed E-state index contributed by atoms with van der Waals surface area (Å²) < 4.78 is 5.53. The van der Waals surface area contributed by atoms with Gasteiger partial charge in [-0.15, -0.1) is 0 Å². The van der Waals surface area contributed by atoms with Crippen molar-refractivity contribution in [3.63, 3.8) is 0 Å². The fourth-order valence-corrected chi connectivity index (χ4v) is 1.92. The number of aromatic nitrogens is 1. The molecule has 0 saturated carbocycles. The fraction of sp³-hybridized carbons (Fsp3) is 0.583. The summed E-state index contributed by atoms with van der Waals surface area (Å²) in [6, 6.07) is 4.07. The summed E-state index contributed by atoms with van der Waals surface area (Å²) in [4.78, 5) is 6.70. The van der Waals surface area contributed by atoms with Crippen LogP contribution in [0, 0.1) is 0 Å². The lowest BCUT2D eigenvalue weighted by Crippen LogP contribution is -2.42. The molecule has 2 heterocycles. The second-order valence-electron chi connectivity index (χ2n) is 3.93. The fourth-order valence-electron chi connectivity index (χ4n) is 1.92. The van der Waals surface area contributed by atoms with Crippen LogP contribution in [0.5, 0.6) is 5.88 Å². The number of nitrogens with zero attached hydrogens (tertiary/aromatic N) is 2. The second kappa shape index (κ2) is 5.82. The molecule has 0 aromatic carbocycles. The Morgan fingerprint density at radius 2 is 2.25 bits per heavy atom. The van der Waals surface area contributed by atoms with E-state index >= 15 is 0 Å². The van der Waals surface area contributed by atoms with Crippen LogP contribution in [0.3, 0.4) is 0 Å². The van der Waals surface area contributed by atoms with Crippen molar-refractivity contribution in [2.24, 2.45) is 0 Å². The van der Waals surface area contributed by atoms with Gasteiger partial charge >= 0.3 is 0 Å². The molecule has 0 aliphatic carbocycles. The third kappa shape index (κ3) is 2.93. The first kappa shape index (κ1) is 11.4. The number of pyridine rings is 1. The maximum absolute atomic E-state index is 5.53. The van der Waals surface area contributed by atoms with E-state index in [0.29, 0.717) is 6.61 Å². The first-order valence-electron chi connectivity index (χ1n) is 5.90. The molecular formula is C12H19N3O. The maximum Gasteiger partial charge on any atom is 0.217 e. The zero-order chi connectivity index (χ0) is 11.2. The van der Waals surface area contributed by atoms with Crippen molar-refractivity contribution in [2.75, 3.05) is 32.8 Å². The zero-order valence-corrected chi connectivity index (χ0v) is 9.78. The van der Waals surface area contributed by atoms with Gasteiger partial charge in [-0.05, 0) is 13.0 Å². The Hall–Kier alpha value is -1.13. The SMILES string of the molecule is CCOc1ncccc1CN1CCNCC1. The summed E-state index contributed by atoms with van der Waals surface area (Å²) in [5.74, 6) is 0.781. The van der Waals surface area contributed by atoms with Gasteiger partial charge in [-0.1, -0.05) is 6.07 Å². The first-order chi connectivity index (χ1) is 7.90. The number of nitrogens with one attached hydrogen (secondary N) is 1. The Labute approximate surface area is 96.6 Å². The van der Waals surface area contributed by atoms with Gasteiger partial charge in [0.15, 0.2) is 0 Å². The van der Waals surface area contributed by atoms with Crippen LogP contribution in [0.25, 0.3) is 0 Å². The van der Waals surface area contributed by atoms with Crippen molar-refractivity contribution in [1.29, 1.82) is 0 Å². The van der Waals surface area contributed by atoms with E-state index in [4.69, 9.17) is 4.74 Å². The molecule has 16 heavy (non-hydrogen) atoms. The van der Waals surface area contributed by atoms with E-state index in [1.807, 2.05) is 13.0 Å². The standard InChI is InChI=1S/C12H19N3O/c1-2-16-12-11(4-3-5-14-12)10-15-8-6-13-7-9-15/h3-5,13H,2,6-10H2,1H3. The quantitative estimate of drug-likeness (QED) is 0.819. The summed E-state index contributed by atoms with van der Waals surface area (Å²) in [6.07, 6.45) is 1.78. The highest BCUT2D eigenvalue weighted by Gasteiger charge is 2.12. The molecule has 4 heteroatoms. The van der Waals surface area contributed by atoms with E-state index in [1.165, 1.54) is 5.56 Å². The molecule has 1 N–H and O–H groups in total. The third-order valence-electron chi connectivity index (χ3n) is 2.73. The molecule has 2 rings (SSSR count). The van der Waals surface area contributed by atoms with E-state index in [2.05, 4.69) is 21.3 Å². The summed E-state index contributed by atoms with van der Waals surface area (Å²) in [5, 5.41) is 3.35. The van der Waals surface area contributed by atoms with E-state index in [0.717, 1.165) is 38.6 Å². The van der Waals surface area contributed by atoms with Crippen molar-refractivity contribution in [3.05, 3.63) is 23.9 Å². The van der Waals surface area contributed by atoms with Crippen LogP contribution >= 0.6 is 0 Å². The molecule has 0 radical (unpaired) electrons. The van der Waals surface area contributed by atoms with E-state index < -0.39 is 0 Å². The van der Waals surface area contributed by atoms with Crippen LogP contribution in [-0.2, 0) is 6.54 Å². The zero-order valence-electron chi connectivity index (χ0n) is 9.78. The summed E-state index contributed by atoms with van der Waals surface area (Å²) >= 11 is 0. The Morgan fingerprint density at radius 3 is 3.00 bits per heavy atom. The monoisotopic (exact) mass is 221 g/mol. The molecule has 1 saturated heterocycles. The van der Waals surface area contributed by atoms with Crippen LogP contribution in [-0.4, -0.2) is 42.7 Å². The van der Waals surface area contributed by atoms with Gasteiger partial charge in [-0.2, -0.15) is 0 Å². The van der Waals surface area contributed by atoms with Crippen molar-refractivity contribution in [3.8, 4) is 5.88 Å². The van der Waals surface area contributed by atoms with Gasteiger partial charge in [-0.3, -0.25) is 4.90 Å². The average molecular weight is 221 g/mol. The van der Waals surface area contributed by atoms with Gasteiger partial charge < -0.3 is 10.1 Å². The van der Waals surface area contributed by atoms with Gasteiger partial charge in [0.25, 0.3) is 0 Å². The molecule has 4 nitrogen and oxygen atoms in total. The minimum absolute atomic E-state index is 0.672. The molecule has 1 aromatic heterocycles. The maximum atomic E-state index is 5.53. The average Bonchev–Trinajstić information content (AvgIpc) is 2.33. The molecule has 88 valence electrons. The number of ether oxygens (including phenoxy) is 1. The highest BCUT2D eigenvalue weighted by atomic mass is 16.5. The van der Waals surface area contributed by atoms with Gasteiger partial charge in [-0.25, -0.2) is 4.98 Å². The molecule has 1 aliphatic rings. The van der Waals surface area contributed by atoms with Crippen LogP contribution in [0.2, 0.25) is 0 Å². The number of piperazine rings is 1. The minimum atomic E-state index is 0.672. The Balaban J connectivity index is 2.01. The van der Waals surface area contributed by atoms with Gasteiger partial charge in [0.1, 0.15) is 0 Å². The molecule has 0 amide bonds. The van der Waals surface area contributed by atoms with Crippen LogP contribution in [0.1, 0.15) is 12.5 Å². The van der Waals surface area contributed by atoms with E-state index in [-0.39, 0.29) is 0 Å². The van der Waals surface area contributed by atoms with Crippen LogP contribution < -0.4 is 10.1 Å². The molecule has 0 bridgehead atoms. The minimum Gasteiger partial charge on any atom is -0.478 e. The van der Waals surface area contributed by atoms with Crippen molar-refractivity contribution in [1.82, 2.24) is 15.2 Å².